The number of aromatic carboxylic acids is 1. The van der Waals surface area contributed by atoms with Crippen molar-refractivity contribution in [3.05, 3.63) is 208 Å². The Morgan fingerprint density at radius 3 is 2.07 bits per heavy atom. The number of nitrogens with zero attached hydrogens (tertiary/aromatic N) is 3. The van der Waals surface area contributed by atoms with Gasteiger partial charge in [0.2, 0.25) is 11.8 Å². The number of hydrogen-bond acceptors (Lipinski definition) is 12. The van der Waals surface area contributed by atoms with Crippen molar-refractivity contribution in [1.82, 2.24) is 9.80 Å². The SMILES string of the molecule is CCN(CC)c1ccc2c(c1)OC1=CC(C)C=CC1=C2c1ccccc1C(=O)N1CCN(C(=O)CCC(=O)Nc2ccc(SSc3ccc(NC(=S)Nc4ccc(C(=O)O)c(-c5c6ccc(=O)cc-6oc6cc(O)ccc56)c4)cc3)cc2)CC1. The second kappa shape index (κ2) is 24.8. The molecule has 6 aromatic rings. The second-order valence-corrected chi connectivity index (χ2v) is 23.1. The number of rotatable bonds is 16. The van der Waals surface area contributed by atoms with Crippen molar-refractivity contribution in [3.8, 4) is 33.9 Å². The largest absolute Gasteiger partial charge is 0.508 e. The van der Waals surface area contributed by atoms with Crippen molar-refractivity contribution in [2.24, 2.45) is 5.92 Å². The number of aromatic hydroxyl groups is 1. The molecule has 1 saturated heterocycles. The predicted molar refractivity (Wildman–Crippen MR) is 337 cm³/mol. The van der Waals surface area contributed by atoms with Crippen molar-refractivity contribution in [2.75, 3.05) is 60.1 Å². The van der Waals surface area contributed by atoms with Gasteiger partial charge in [0.05, 0.1) is 5.56 Å². The fraction of sp³-hybridized carbons (Fsp3) is 0.182. The van der Waals surface area contributed by atoms with Crippen LogP contribution in [0.4, 0.5) is 22.7 Å². The summed E-state index contributed by atoms with van der Waals surface area (Å²) in [7, 11) is 3.11. The lowest BCUT2D eigenvalue weighted by atomic mass is 9.84. The van der Waals surface area contributed by atoms with Gasteiger partial charge in [-0.25, -0.2) is 4.79 Å². The molecule has 15 nitrogen and oxygen atoms in total. The first-order valence-electron chi connectivity index (χ1n) is 27.6. The number of ether oxygens (including phenoxy) is 1. The third kappa shape index (κ3) is 12.3. The minimum atomic E-state index is -1.15. The maximum absolute atomic E-state index is 14.4. The highest BCUT2D eigenvalue weighted by atomic mass is 33.1. The lowest BCUT2D eigenvalue weighted by molar-refractivity contribution is -0.134. The van der Waals surface area contributed by atoms with Crippen LogP contribution in [0, 0.1) is 5.92 Å². The highest BCUT2D eigenvalue weighted by molar-refractivity contribution is 8.76. The van der Waals surface area contributed by atoms with Crippen LogP contribution in [0.1, 0.15) is 65.5 Å². The average molecular weight is 1180 g/mol. The van der Waals surface area contributed by atoms with E-state index in [2.05, 4.69) is 78.0 Å². The Morgan fingerprint density at radius 1 is 0.690 bits per heavy atom. The molecule has 84 heavy (non-hydrogen) atoms. The van der Waals surface area contributed by atoms with Gasteiger partial charge in [-0.2, -0.15) is 0 Å². The zero-order valence-electron chi connectivity index (χ0n) is 46.1. The number of amides is 3. The lowest BCUT2D eigenvalue weighted by Crippen LogP contribution is -2.50. The summed E-state index contributed by atoms with van der Waals surface area (Å²) in [4.78, 5) is 73.5. The number of hydrogen-bond donors (Lipinski definition) is 5. The first-order chi connectivity index (χ1) is 40.7. The van der Waals surface area contributed by atoms with Gasteiger partial charge in [0.25, 0.3) is 5.91 Å². The molecule has 0 bridgehead atoms. The van der Waals surface area contributed by atoms with Crippen LogP contribution in [0.2, 0.25) is 0 Å². The molecule has 424 valence electrons. The molecule has 5 N–H and O–H groups in total. The number of allylic oxidation sites excluding steroid dienone is 3. The van der Waals surface area contributed by atoms with Crippen LogP contribution in [-0.4, -0.2) is 88.1 Å². The molecule has 0 aromatic heterocycles. The number of thiocarbonyl (C=S) groups is 1. The fourth-order valence-corrected chi connectivity index (χ4v) is 12.9. The standard InChI is InChI=1S/C66H58N6O9S3/c1-4-70(5-2)43-16-25-52-57(36-43)80-56-34-39(3)10-23-51(56)62(52)48-8-6-7-9-49(48)64(77)72-32-30-71(31-33-72)61(76)29-28-60(75)67-40-11-19-46(20-12-40)83-84-47-21-13-41(14-22-47)68-66(82)69-42-15-24-50(65(78)79)55(35-42)63-53-26-17-44(73)37-58(53)81-59-38-45(74)18-27-54(59)63/h6-27,34-39,73H,4-5,28-33H2,1-3H3,(H,67,75)(H,78,79)(H2,68,69,82). The number of phenolic OH excluding ortho intramolecular Hbond substituents is 1. The Bertz CT molecular complexity index is 4030. The van der Waals surface area contributed by atoms with Gasteiger partial charge in [0.15, 0.2) is 10.5 Å². The van der Waals surface area contributed by atoms with Gasteiger partial charge in [0, 0.05) is 142 Å². The number of carbonyl (C=O) groups is 4. The van der Waals surface area contributed by atoms with Crippen LogP contribution in [0.25, 0.3) is 39.0 Å². The molecular weight excluding hydrogens is 1120 g/mol. The summed E-state index contributed by atoms with van der Waals surface area (Å²) in [5, 5.41) is 30.5. The number of carboxylic acids is 1. The van der Waals surface area contributed by atoms with Crippen LogP contribution in [0.5, 0.6) is 11.5 Å². The number of fused-ring (bicyclic) bond motifs is 4. The molecular formula is C66H58N6O9S3. The summed E-state index contributed by atoms with van der Waals surface area (Å²) in [6.07, 6.45) is 6.43. The Kier molecular flexibility index (Phi) is 16.7. The van der Waals surface area contributed by atoms with Crippen molar-refractivity contribution >= 4 is 102 Å². The van der Waals surface area contributed by atoms with Crippen LogP contribution in [0.3, 0.4) is 0 Å². The summed E-state index contributed by atoms with van der Waals surface area (Å²) in [6, 6.07) is 42.9. The molecule has 1 unspecified atom stereocenters. The molecule has 1 fully saturated rings. The van der Waals surface area contributed by atoms with Gasteiger partial charge >= 0.3 is 5.97 Å². The Morgan fingerprint density at radius 2 is 1.36 bits per heavy atom. The number of benzene rings is 7. The first kappa shape index (κ1) is 56.7. The molecule has 3 heterocycles. The maximum atomic E-state index is 14.4. The van der Waals surface area contributed by atoms with Crippen molar-refractivity contribution < 1.29 is 38.5 Å². The maximum Gasteiger partial charge on any atom is 0.336 e. The van der Waals surface area contributed by atoms with Crippen molar-refractivity contribution in [3.63, 3.8) is 0 Å². The van der Waals surface area contributed by atoms with E-state index in [1.807, 2.05) is 77.7 Å². The van der Waals surface area contributed by atoms with Gasteiger partial charge in [-0.05, 0) is 158 Å². The highest BCUT2D eigenvalue weighted by Crippen LogP contribution is 2.47. The molecule has 1 atom stereocenters. The topological polar surface area (TPSA) is 194 Å². The number of anilines is 4. The Hall–Kier alpha value is -9.10. The minimum Gasteiger partial charge on any atom is -0.508 e. The first-order valence-corrected chi connectivity index (χ1v) is 30.1. The smallest absolute Gasteiger partial charge is 0.336 e. The van der Waals surface area contributed by atoms with E-state index in [1.165, 1.54) is 30.3 Å². The summed E-state index contributed by atoms with van der Waals surface area (Å²) in [5.41, 5.74) is 8.58. The van der Waals surface area contributed by atoms with E-state index in [-0.39, 0.29) is 69.7 Å². The fourth-order valence-electron chi connectivity index (χ4n) is 10.7. The number of piperazine rings is 1. The molecule has 18 heteroatoms. The zero-order chi connectivity index (χ0) is 58.6. The van der Waals surface area contributed by atoms with Gasteiger partial charge in [-0.15, -0.1) is 0 Å². The zero-order valence-corrected chi connectivity index (χ0v) is 48.6. The molecule has 6 aromatic carbocycles. The Labute approximate surface area is 498 Å². The monoisotopic (exact) mass is 1170 g/mol. The van der Waals surface area contributed by atoms with E-state index in [1.54, 1.807) is 50.8 Å². The van der Waals surface area contributed by atoms with Crippen LogP contribution >= 0.6 is 33.8 Å². The molecule has 5 aliphatic rings. The summed E-state index contributed by atoms with van der Waals surface area (Å²) in [5.74, 6) is 0.286. The average Bonchev–Trinajstić information content (AvgIpc) is 1.98. The van der Waals surface area contributed by atoms with E-state index in [0.29, 0.717) is 65.2 Å². The highest BCUT2D eigenvalue weighted by Gasteiger charge is 2.32. The molecule has 2 aliphatic carbocycles. The second-order valence-electron chi connectivity index (χ2n) is 20.4. The number of nitrogens with one attached hydrogen (secondary N) is 3. The summed E-state index contributed by atoms with van der Waals surface area (Å²) in [6.45, 7) is 9.60. The third-order valence-corrected chi connectivity index (χ3v) is 17.6. The van der Waals surface area contributed by atoms with Crippen LogP contribution in [-0.2, 0) is 9.59 Å². The third-order valence-electron chi connectivity index (χ3n) is 14.9. The predicted octanol–water partition coefficient (Wildman–Crippen LogP) is 13.4. The van der Waals surface area contributed by atoms with E-state index in [9.17, 15) is 34.2 Å². The Balaban J connectivity index is 0.646. The van der Waals surface area contributed by atoms with E-state index in [0.717, 1.165) is 68.0 Å². The summed E-state index contributed by atoms with van der Waals surface area (Å²) < 4.78 is 12.5. The summed E-state index contributed by atoms with van der Waals surface area (Å²) >= 11 is 5.67. The molecule has 11 rings (SSSR count). The number of carboxylic acid groups (broad SMARTS) is 1. The van der Waals surface area contributed by atoms with Crippen molar-refractivity contribution in [2.45, 2.75) is 43.4 Å². The molecule has 0 radical (unpaired) electrons. The quantitative estimate of drug-likeness (QED) is 0.0348. The van der Waals surface area contributed by atoms with Gasteiger partial charge in [-0.1, -0.05) is 58.9 Å². The van der Waals surface area contributed by atoms with E-state index < -0.39 is 5.97 Å². The lowest BCUT2D eigenvalue weighted by Gasteiger charge is -2.35. The number of carbonyl (C=O) groups excluding carboxylic acids is 3. The van der Waals surface area contributed by atoms with Crippen LogP contribution in [0.15, 0.2) is 194 Å². The van der Waals surface area contributed by atoms with E-state index >= 15 is 0 Å². The van der Waals surface area contributed by atoms with Crippen molar-refractivity contribution in [1.29, 1.82) is 0 Å². The molecule has 0 spiro atoms. The molecule has 0 saturated carbocycles. The number of phenols is 1. The van der Waals surface area contributed by atoms with Gasteiger partial charge < -0.3 is 50.0 Å². The van der Waals surface area contributed by atoms with Crippen LogP contribution < -0.4 is 31.0 Å². The minimum absolute atomic E-state index is 0.0182. The molecule has 3 aliphatic heterocycles. The van der Waals surface area contributed by atoms with E-state index in [4.69, 9.17) is 21.4 Å². The van der Waals surface area contributed by atoms with Gasteiger partial charge in [0.1, 0.15) is 28.6 Å². The van der Waals surface area contributed by atoms with Gasteiger partial charge in [-0.3, -0.25) is 19.2 Å². The normalized spacial score (nSPS) is 14.5. The molecule has 3 amide bonds.